The Morgan fingerprint density at radius 2 is 1.52 bits per heavy atom. The van der Waals surface area contributed by atoms with Gasteiger partial charge in [0.15, 0.2) is 11.6 Å². The maximum atomic E-state index is 13.9. The number of nitrogens with zero attached hydrogens (tertiary/aromatic N) is 1. The second-order valence-corrected chi connectivity index (χ2v) is 7.65. The Morgan fingerprint density at radius 3 is 2.11 bits per heavy atom. The molecule has 0 saturated carbocycles. The fraction of sp³-hybridized carbons (Fsp3) is 0.100. The minimum absolute atomic E-state index is 0.0148. The van der Waals surface area contributed by atoms with Crippen LogP contribution < -0.4 is 13.8 Å². The van der Waals surface area contributed by atoms with E-state index in [1.165, 1.54) is 26.3 Å². The summed E-state index contributed by atoms with van der Waals surface area (Å²) < 4.78 is 51.0. The highest BCUT2D eigenvalue weighted by atomic mass is 32.2. The molecule has 0 aliphatic carbocycles. The summed E-state index contributed by atoms with van der Waals surface area (Å²) in [6, 6.07) is 19.4. The van der Waals surface area contributed by atoms with Crippen LogP contribution in [0.1, 0.15) is 0 Å². The van der Waals surface area contributed by atoms with Gasteiger partial charge in [-0.25, -0.2) is 12.8 Å². The van der Waals surface area contributed by atoms with E-state index in [1.807, 2.05) is 30.3 Å². The Bertz CT molecular complexity index is 1020. The highest BCUT2D eigenvalue weighted by molar-refractivity contribution is 7.92. The summed E-state index contributed by atoms with van der Waals surface area (Å²) in [5.41, 5.74) is 0.423. The molecule has 140 valence electrons. The van der Waals surface area contributed by atoms with Crippen molar-refractivity contribution >= 4 is 15.7 Å². The van der Waals surface area contributed by atoms with Crippen LogP contribution in [0.15, 0.2) is 77.7 Å². The van der Waals surface area contributed by atoms with Crippen LogP contribution in [0.4, 0.5) is 10.1 Å². The van der Waals surface area contributed by atoms with Gasteiger partial charge in [-0.1, -0.05) is 18.2 Å². The number of sulfonamides is 1. The fourth-order valence-corrected chi connectivity index (χ4v) is 3.66. The van der Waals surface area contributed by atoms with Crippen LogP contribution in [0.3, 0.4) is 0 Å². The van der Waals surface area contributed by atoms with Gasteiger partial charge in [0, 0.05) is 7.05 Å². The van der Waals surface area contributed by atoms with E-state index in [2.05, 4.69) is 0 Å². The van der Waals surface area contributed by atoms with Crippen molar-refractivity contribution in [1.82, 2.24) is 0 Å². The van der Waals surface area contributed by atoms with Crippen LogP contribution in [0.2, 0.25) is 0 Å². The van der Waals surface area contributed by atoms with Crippen LogP contribution in [-0.2, 0) is 10.0 Å². The Balaban J connectivity index is 1.82. The maximum absolute atomic E-state index is 13.9. The first-order valence-corrected chi connectivity index (χ1v) is 9.51. The Morgan fingerprint density at radius 1 is 0.889 bits per heavy atom. The molecule has 7 heteroatoms. The molecule has 0 saturated heterocycles. The molecule has 0 aliphatic rings. The molecule has 0 spiro atoms. The minimum Gasteiger partial charge on any atom is -0.494 e. The zero-order valence-corrected chi connectivity index (χ0v) is 15.6. The molecule has 3 aromatic carbocycles. The van der Waals surface area contributed by atoms with E-state index in [9.17, 15) is 12.8 Å². The third-order valence-corrected chi connectivity index (χ3v) is 5.74. The van der Waals surface area contributed by atoms with Crippen LogP contribution in [-0.4, -0.2) is 22.6 Å². The van der Waals surface area contributed by atoms with E-state index >= 15 is 0 Å². The largest absolute Gasteiger partial charge is 0.494 e. The van der Waals surface area contributed by atoms with Gasteiger partial charge in [-0.15, -0.1) is 0 Å². The normalized spacial score (nSPS) is 11.1. The molecule has 0 aliphatic heterocycles. The number of anilines is 1. The average molecular weight is 387 g/mol. The van der Waals surface area contributed by atoms with Crippen LogP contribution in [0, 0.1) is 5.82 Å². The van der Waals surface area contributed by atoms with Crippen molar-refractivity contribution in [2.45, 2.75) is 4.90 Å². The highest BCUT2D eigenvalue weighted by Gasteiger charge is 2.23. The van der Waals surface area contributed by atoms with Crippen molar-refractivity contribution in [2.24, 2.45) is 0 Å². The molecule has 0 amide bonds. The van der Waals surface area contributed by atoms with E-state index in [-0.39, 0.29) is 10.6 Å². The first kappa shape index (κ1) is 18.7. The van der Waals surface area contributed by atoms with Crippen molar-refractivity contribution in [3.8, 4) is 17.2 Å². The number of ether oxygens (including phenoxy) is 2. The second-order valence-electron chi connectivity index (χ2n) is 5.68. The van der Waals surface area contributed by atoms with Gasteiger partial charge in [0.1, 0.15) is 11.5 Å². The molecule has 0 bridgehead atoms. The lowest BCUT2D eigenvalue weighted by Crippen LogP contribution is -2.26. The van der Waals surface area contributed by atoms with Gasteiger partial charge < -0.3 is 9.47 Å². The van der Waals surface area contributed by atoms with E-state index in [1.54, 1.807) is 24.3 Å². The summed E-state index contributed by atoms with van der Waals surface area (Å²) >= 11 is 0. The van der Waals surface area contributed by atoms with Crippen molar-refractivity contribution < 1.29 is 22.3 Å². The summed E-state index contributed by atoms with van der Waals surface area (Å²) in [6.45, 7) is 0. The first-order valence-electron chi connectivity index (χ1n) is 8.07. The molecule has 0 heterocycles. The number of hydrogen-bond acceptors (Lipinski definition) is 4. The molecular formula is C20H18FNO4S. The van der Waals surface area contributed by atoms with Gasteiger partial charge in [0.25, 0.3) is 10.0 Å². The quantitative estimate of drug-likeness (QED) is 0.627. The molecule has 0 aromatic heterocycles. The van der Waals surface area contributed by atoms with Gasteiger partial charge in [-0.3, -0.25) is 4.31 Å². The van der Waals surface area contributed by atoms with E-state index in [0.717, 1.165) is 10.4 Å². The van der Waals surface area contributed by atoms with Crippen molar-refractivity contribution in [2.75, 3.05) is 18.5 Å². The van der Waals surface area contributed by atoms with Crippen LogP contribution >= 0.6 is 0 Å². The Hall–Kier alpha value is -3.06. The third-order valence-electron chi connectivity index (χ3n) is 3.96. The number of benzene rings is 3. The number of halogens is 1. The topological polar surface area (TPSA) is 55.8 Å². The molecular weight excluding hydrogens is 369 g/mol. The maximum Gasteiger partial charge on any atom is 0.264 e. The number of methoxy groups -OCH3 is 1. The van der Waals surface area contributed by atoms with Crippen molar-refractivity contribution in [1.29, 1.82) is 0 Å². The summed E-state index contributed by atoms with van der Waals surface area (Å²) in [6.07, 6.45) is 0. The predicted octanol–water partition coefficient (Wildman–Crippen LogP) is 4.45. The zero-order valence-electron chi connectivity index (χ0n) is 14.8. The fourth-order valence-electron chi connectivity index (χ4n) is 2.45. The first-order chi connectivity index (χ1) is 12.9. The van der Waals surface area contributed by atoms with E-state index in [4.69, 9.17) is 9.47 Å². The van der Waals surface area contributed by atoms with E-state index < -0.39 is 15.8 Å². The van der Waals surface area contributed by atoms with Gasteiger partial charge in [-0.05, 0) is 54.6 Å². The molecule has 27 heavy (non-hydrogen) atoms. The van der Waals surface area contributed by atoms with Crippen LogP contribution in [0.5, 0.6) is 17.2 Å². The standard InChI is InChI=1S/C20H18FNO4S/c1-22(27(23,24)18-12-13-20(25-2)19(21)14-18)15-8-10-17(11-9-15)26-16-6-4-3-5-7-16/h3-14H,1-2H3. The molecule has 0 radical (unpaired) electrons. The number of hydrogen-bond donors (Lipinski definition) is 0. The third kappa shape index (κ3) is 4.03. The lowest BCUT2D eigenvalue weighted by Gasteiger charge is -2.20. The molecule has 5 nitrogen and oxygen atoms in total. The lowest BCUT2D eigenvalue weighted by molar-refractivity contribution is 0.385. The van der Waals surface area contributed by atoms with Gasteiger partial charge >= 0.3 is 0 Å². The highest BCUT2D eigenvalue weighted by Crippen LogP contribution is 2.28. The van der Waals surface area contributed by atoms with Crippen molar-refractivity contribution in [3.63, 3.8) is 0 Å². The van der Waals surface area contributed by atoms with Crippen molar-refractivity contribution in [3.05, 3.63) is 78.6 Å². The number of rotatable bonds is 6. The smallest absolute Gasteiger partial charge is 0.264 e. The molecule has 3 rings (SSSR count). The molecule has 0 fully saturated rings. The molecule has 0 atom stereocenters. The summed E-state index contributed by atoms with van der Waals surface area (Å²) in [5.74, 6) is 0.503. The number of para-hydroxylation sites is 1. The summed E-state index contributed by atoms with van der Waals surface area (Å²) in [5, 5.41) is 0. The minimum atomic E-state index is -3.91. The second kappa shape index (κ2) is 7.67. The van der Waals surface area contributed by atoms with Gasteiger partial charge in [0.2, 0.25) is 0 Å². The monoisotopic (exact) mass is 387 g/mol. The van der Waals surface area contributed by atoms with Gasteiger partial charge in [0.05, 0.1) is 17.7 Å². The zero-order chi connectivity index (χ0) is 19.4. The van der Waals surface area contributed by atoms with Gasteiger partial charge in [-0.2, -0.15) is 0 Å². The Labute approximate surface area is 157 Å². The molecule has 3 aromatic rings. The molecule has 0 N–H and O–H groups in total. The predicted molar refractivity (Wildman–Crippen MR) is 101 cm³/mol. The SMILES string of the molecule is COc1ccc(S(=O)(=O)N(C)c2ccc(Oc3ccccc3)cc2)cc1F. The average Bonchev–Trinajstić information content (AvgIpc) is 2.68. The van der Waals surface area contributed by atoms with Crippen LogP contribution in [0.25, 0.3) is 0 Å². The summed E-state index contributed by atoms with van der Waals surface area (Å²) in [7, 11) is -1.19. The summed E-state index contributed by atoms with van der Waals surface area (Å²) in [4.78, 5) is -0.159. The molecule has 0 unspecified atom stereocenters. The lowest BCUT2D eigenvalue weighted by atomic mass is 10.3. The van der Waals surface area contributed by atoms with E-state index in [0.29, 0.717) is 17.2 Å². The Kier molecular flexibility index (Phi) is 5.32.